The number of halogens is 8. The van der Waals surface area contributed by atoms with Gasteiger partial charge in [0.1, 0.15) is 0 Å². The number of hydrogen-bond acceptors (Lipinski definition) is 2. The Balaban J connectivity index is 5.51. The molecule has 0 aliphatic rings. The van der Waals surface area contributed by atoms with Crippen molar-refractivity contribution in [3.05, 3.63) is 0 Å². The molecule has 0 amide bonds. The van der Waals surface area contributed by atoms with Gasteiger partial charge in [-0.05, 0) is 4.31 Å². The fraction of sp³-hybridized carbons (Fsp3) is 1.00. The van der Waals surface area contributed by atoms with E-state index >= 15 is 0 Å². The van der Waals surface area contributed by atoms with Crippen LogP contribution in [-0.4, -0.2) is 31.1 Å². The molecule has 0 heterocycles. The van der Waals surface area contributed by atoms with Crippen LogP contribution >= 0.6 is 0 Å². The second-order valence-electron chi connectivity index (χ2n) is 1.99. The van der Waals surface area contributed by atoms with Gasteiger partial charge in [-0.25, -0.2) is 8.42 Å². The van der Waals surface area contributed by atoms with Crippen molar-refractivity contribution in [2.75, 3.05) is 0 Å². The molecule has 0 spiro atoms. The maximum atomic E-state index is 11.6. The van der Waals surface area contributed by atoms with Gasteiger partial charge in [0.25, 0.3) is 0 Å². The average Bonchev–Trinajstić information content (AvgIpc) is 1.76. The molecule has 15 heavy (non-hydrogen) atoms. The molecule has 0 N–H and O–H groups in total. The summed E-state index contributed by atoms with van der Waals surface area (Å²) in [6, 6.07) is 0. The largest absolute Gasteiger partial charge is 0.512 e. The summed E-state index contributed by atoms with van der Waals surface area (Å²) in [6.45, 7) is -4.86. The standard InChI is InChI=1S/C3HF8NO2S/c4-1(5)12(2(6,7)8)15(13,14)3(9,10)11/h1H. The molecule has 0 unspecified atom stereocenters. The molecule has 0 bridgehead atoms. The number of sulfonamides is 1. The predicted molar refractivity (Wildman–Crippen MR) is 28.9 cm³/mol. The SMILES string of the molecule is O=S(=O)(N(C(F)F)C(F)(F)F)C(F)(F)F. The molecule has 0 saturated heterocycles. The van der Waals surface area contributed by atoms with E-state index in [0.717, 1.165) is 0 Å². The minimum Gasteiger partial charge on any atom is -0.202 e. The summed E-state index contributed by atoms with van der Waals surface area (Å²) < 4.78 is 110. The second kappa shape index (κ2) is 3.73. The average molecular weight is 267 g/mol. The maximum absolute atomic E-state index is 11.6. The Bertz CT molecular complexity index is 314. The summed E-state index contributed by atoms with van der Waals surface area (Å²) in [5, 5.41) is 0. The summed E-state index contributed by atoms with van der Waals surface area (Å²) in [5.41, 5.74) is -6.45. The molecule has 0 saturated carbocycles. The van der Waals surface area contributed by atoms with Gasteiger partial charge in [0.05, 0.1) is 0 Å². The van der Waals surface area contributed by atoms with Crippen LogP contribution in [-0.2, 0) is 10.0 Å². The van der Waals surface area contributed by atoms with Crippen molar-refractivity contribution in [1.82, 2.24) is 4.31 Å². The van der Waals surface area contributed by atoms with Crippen molar-refractivity contribution in [2.45, 2.75) is 18.4 Å². The third-order valence-corrected chi connectivity index (χ3v) is 2.45. The van der Waals surface area contributed by atoms with Crippen molar-refractivity contribution in [3.63, 3.8) is 0 Å². The molecular formula is C3HF8NO2S. The van der Waals surface area contributed by atoms with E-state index in [1.54, 1.807) is 0 Å². The van der Waals surface area contributed by atoms with Crippen molar-refractivity contribution < 1.29 is 43.5 Å². The summed E-state index contributed by atoms with van der Waals surface area (Å²) in [4.78, 5) is 0. The molecular weight excluding hydrogens is 266 g/mol. The third-order valence-electron chi connectivity index (χ3n) is 0.979. The van der Waals surface area contributed by atoms with Crippen molar-refractivity contribution >= 4 is 10.0 Å². The van der Waals surface area contributed by atoms with Crippen LogP contribution < -0.4 is 0 Å². The lowest BCUT2D eigenvalue weighted by Crippen LogP contribution is -2.51. The van der Waals surface area contributed by atoms with Gasteiger partial charge in [0.2, 0.25) is 0 Å². The third kappa shape index (κ3) is 2.90. The molecule has 0 aliphatic heterocycles. The summed E-state index contributed by atoms with van der Waals surface area (Å²) >= 11 is 0. The first-order valence-corrected chi connectivity index (χ1v) is 4.21. The zero-order valence-electron chi connectivity index (χ0n) is 6.27. The normalized spacial score (nSPS) is 15.1. The van der Waals surface area contributed by atoms with E-state index in [4.69, 9.17) is 0 Å². The zero-order valence-corrected chi connectivity index (χ0v) is 7.09. The van der Waals surface area contributed by atoms with Gasteiger partial charge in [0.15, 0.2) is 0 Å². The highest BCUT2D eigenvalue weighted by Crippen LogP contribution is 2.36. The topological polar surface area (TPSA) is 37.4 Å². The van der Waals surface area contributed by atoms with Crippen LogP contribution in [0.2, 0.25) is 0 Å². The Hall–Kier alpha value is -0.650. The molecule has 0 fully saturated rings. The smallest absolute Gasteiger partial charge is 0.202 e. The molecule has 0 aliphatic carbocycles. The monoisotopic (exact) mass is 267 g/mol. The van der Waals surface area contributed by atoms with Crippen LogP contribution in [0.15, 0.2) is 0 Å². The molecule has 0 aromatic heterocycles. The molecule has 3 nitrogen and oxygen atoms in total. The second-order valence-corrected chi connectivity index (χ2v) is 3.80. The Morgan fingerprint density at radius 1 is 0.933 bits per heavy atom. The highest BCUT2D eigenvalue weighted by atomic mass is 32.2. The predicted octanol–water partition coefficient (Wildman–Crippen LogP) is 1.88. The number of alkyl halides is 8. The molecule has 0 aromatic carbocycles. The van der Waals surface area contributed by atoms with Gasteiger partial charge in [-0.1, -0.05) is 0 Å². The van der Waals surface area contributed by atoms with Gasteiger partial charge in [-0.15, -0.1) is 0 Å². The molecule has 92 valence electrons. The van der Waals surface area contributed by atoms with E-state index in [1.165, 1.54) is 0 Å². The molecule has 0 atom stereocenters. The number of hydrogen-bond donors (Lipinski definition) is 0. The van der Waals surface area contributed by atoms with Gasteiger partial charge < -0.3 is 0 Å². The minimum absolute atomic E-state index is 2.86. The lowest BCUT2D eigenvalue weighted by Gasteiger charge is -2.23. The van der Waals surface area contributed by atoms with E-state index in [1.807, 2.05) is 0 Å². The fourth-order valence-corrected chi connectivity index (χ4v) is 1.17. The van der Waals surface area contributed by atoms with Crippen LogP contribution in [0.3, 0.4) is 0 Å². The van der Waals surface area contributed by atoms with Crippen molar-refractivity contribution in [3.8, 4) is 0 Å². The maximum Gasteiger partial charge on any atom is 0.512 e. The minimum atomic E-state index is -7.14. The van der Waals surface area contributed by atoms with Gasteiger partial charge in [0, 0.05) is 0 Å². The van der Waals surface area contributed by atoms with Crippen LogP contribution in [0.25, 0.3) is 0 Å². The van der Waals surface area contributed by atoms with E-state index in [9.17, 15) is 43.5 Å². The summed E-state index contributed by atoms with van der Waals surface area (Å²) in [5.74, 6) is 0. The van der Waals surface area contributed by atoms with Crippen molar-refractivity contribution in [2.24, 2.45) is 0 Å². The Labute approximate surface area is 77.3 Å². The fourth-order valence-electron chi connectivity index (χ4n) is 0.463. The summed E-state index contributed by atoms with van der Waals surface area (Å²) in [6.07, 6.45) is -6.34. The highest BCUT2D eigenvalue weighted by Gasteiger charge is 2.62. The zero-order chi connectivity index (χ0) is 12.7. The van der Waals surface area contributed by atoms with E-state index in [-0.39, 0.29) is 0 Å². The molecule has 0 aromatic rings. The lowest BCUT2D eigenvalue weighted by atomic mass is 11.0. The Kier molecular flexibility index (Phi) is 3.57. The van der Waals surface area contributed by atoms with Crippen LogP contribution in [0.4, 0.5) is 35.1 Å². The Morgan fingerprint density at radius 3 is 1.33 bits per heavy atom. The first-order valence-electron chi connectivity index (χ1n) is 2.77. The lowest BCUT2D eigenvalue weighted by molar-refractivity contribution is -0.257. The summed E-state index contributed by atoms with van der Waals surface area (Å²) in [7, 11) is -7.14. The van der Waals surface area contributed by atoms with E-state index < -0.39 is 32.7 Å². The molecule has 0 rings (SSSR count). The van der Waals surface area contributed by atoms with Crippen molar-refractivity contribution in [1.29, 1.82) is 0 Å². The molecule has 0 radical (unpaired) electrons. The van der Waals surface area contributed by atoms with E-state index in [0.29, 0.717) is 0 Å². The van der Waals surface area contributed by atoms with Crippen LogP contribution in [0.5, 0.6) is 0 Å². The Morgan fingerprint density at radius 2 is 1.27 bits per heavy atom. The van der Waals surface area contributed by atoms with Crippen LogP contribution in [0.1, 0.15) is 0 Å². The number of rotatable bonds is 2. The quantitative estimate of drug-likeness (QED) is 0.566. The van der Waals surface area contributed by atoms with Gasteiger partial charge in [-0.3, -0.25) is 0 Å². The van der Waals surface area contributed by atoms with Crippen LogP contribution in [0, 0.1) is 0 Å². The van der Waals surface area contributed by atoms with Gasteiger partial charge in [-0.2, -0.15) is 35.1 Å². The first-order chi connectivity index (χ1) is 6.32. The van der Waals surface area contributed by atoms with Gasteiger partial charge >= 0.3 is 28.4 Å². The van der Waals surface area contributed by atoms with E-state index in [2.05, 4.69) is 0 Å². The highest BCUT2D eigenvalue weighted by molar-refractivity contribution is 7.90. The first kappa shape index (κ1) is 14.3. The number of nitrogens with zero attached hydrogens (tertiary/aromatic N) is 1. The molecule has 12 heteroatoms.